The molecule has 0 aliphatic heterocycles. The van der Waals surface area contributed by atoms with Crippen molar-refractivity contribution >= 4 is 39.2 Å². The zero-order chi connectivity index (χ0) is 25.1. The van der Waals surface area contributed by atoms with Crippen molar-refractivity contribution in [1.29, 1.82) is 0 Å². The van der Waals surface area contributed by atoms with E-state index in [4.69, 9.17) is 22.1 Å². The zero-order valence-corrected chi connectivity index (χ0v) is 20.4. The molecular weight excluding hydrogens is 488 g/mol. The molecule has 184 valence electrons. The molecule has 0 fully saturated rings. The summed E-state index contributed by atoms with van der Waals surface area (Å²) < 4.78 is 32.2. The van der Waals surface area contributed by atoms with Crippen LogP contribution >= 0.6 is 12.2 Å². The number of hydrogen-bond donors (Lipinski definition) is 4. The van der Waals surface area contributed by atoms with Gasteiger partial charge in [-0.25, -0.2) is 0 Å². The molecule has 3 rings (SSSR count). The number of nitrogens with one attached hydrogen (secondary N) is 3. The van der Waals surface area contributed by atoms with Gasteiger partial charge in [-0.05, 0) is 72.7 Å². The van der Waals surface area contributed by atoms with Gasteiger partial charge in [-0.1, -0.05) is 30.3 Å². The lowest BCUT2D eigenvalue weighted by Crippen LogP contribution is -2.33. The van der Waals surface area contributed by atoms with E-state index < -0.39 is 10.3 Å². The van der Waals surface area contributed by atoms with E-state index in [1.54, 1.807) is 12.1 Å². The Hall–Kier alpha value is -3.67. The monoisotopic (exact) mass is 514 g/mol. The topological polar surface area (TPSA) is 132 Å². The first kappa shape index (κ1) is 25.9. The maximum Gasteiger partial charge on any atom is 0.380 e. The lowest BCUT2D eigenvalue weighted by atomic mass is 10.1. The van der Waals surface area contributed by atoms with Crippen molar-refractivity contribution < 1.29 is 22.1 Å². The third kappa shape index (κ3) is 10.0. The van der Waals surface area contributed by atoms with E-state index in [1.165, 1.54) is 12.1 Å². The van der Waals surface area contributed by atoms with Crippen molar-refractivity contribution in [3.8, 4) is 17.2 Å². The SMILES string of the molecule is NS(=O)(=O)Oc1ccc(CCNC(=O)CCNC(=S)Nc2ccc(Oc3ccccc3)cc2)cc1. The molecule has 0 aromatic heterocycles. The highest BCUT2D eigenvalue weighted by Crippen LogP contribution is 2.22. The molecule has 0 unspecified atom stereocenters. The molecule has 3 aromatic rings. The highest BCUT2D eigenvalue weighted by Gasteiger charge is 2.06. The maximum atomic E-state index is 12.0. The Morgan fingerprint density at radius 3 is 2.11 bits per heavy atom. The van der Waals surface area contributed by atoms with Crippen molar-refractivity contribution in [2.24, 2.45) is 5.14 Å². The highest BCUT2D eigenvalue weighted by atomic mass is 32.2. The number of rotatable bonds is 11. The van der Waals surface area contributed by atoms with Crippen LogP contribution in [0.2, 0.25) is 0 Å². The van der Waals surface area contributed by atoms with Gasteiger partial charge in [0.15, 0.2) is 5.11 Å². The second-order valence-electron chi connectivity index (χ2n) is 7.39. The molecular formula is C24H26N4O5S2. The number of amides is 1. The molecule has 0 aliphatic carbocycles. The summed E-state index contributed by atoms with van der Waals surface area (Å²) in [6.07, 6.45) is 0.839. The van der Waals surface area contributed by atoms with E-state index in [2.05, 4.69) is 20.1 Å². The van der Waals surface area contributed by atoms with E-state index >= 15 is 0 Å². The number of hydrogen-bond acceptors (Lipinski definition) is 6. The fourth-order valence-electron chi connectivity index (χ4n) is 2.98. The number of nitrogens with two attached hydrogens (primary N) is 1. The molecule has 5 N–H and O–H groups in total. The summed E-state index contributed by atoms with van der Waals surface area (Å²) in [5.74, 6) is 1.49. The average Bonchev–Trinajstić information content (AvgIpc) is 2.81. The first-order valence-corrected chi connectivity index (χ1v) is 12.6. The van der Waals surface area contributed by atoms with Gasteiger partial charge in [0, 0.05) is 25.2 Å². The Morgan fingerprint density at radius 2 is 1.46 bits per heavy atom. The summed E-state index contributed by atoms with van der Waals surface area (Å²) in [7, 11) is -4.05. The fraction of sp³-hybridized carbons (Fsp3) is 0.167. The number of benzene rings is 3. The van der Waals surface area contributed by atoms with Gasteiger partial charge in [0.1, 0.15) is 17.2 Å². The van der Waals surface area contributed by atoms with Gasteiger partial charge in [-0.2, -0.15) is 13.6 Å². The van der Waals surface area contributed by atoms with Gasteiger partial charge in [0.2, 0.25) is 5.91 Å². The number of para-hydroxylation sites is 1. The maximum absolute atomic E-state index is 12.0. The predicted molar refractivity (Wildman–Crippen MR) is 139 cm³/mol. The van der Waals surface area contributed by atoms with E-state index in [0.29, 0.717) is 30.4 Å². The van der Waals surface area contributed by atoms with Crippen LogP contribution in [0.25, 0.3) is 0 Å². The molecule has 9 nitrogen and oxygen atoms in total. The van der Waals surface area contributed by atoms with Crippen molar-refractivity contribution in [3.05, 3.63) is 84.4 Å². The molecule has 0 radical (unpaired) electrons. The minimum atomic E-state index is -4.05. The summed E-state index contributed by atoms with van der Waals surface area (Å²) in [5, 5.41) is 14.1. The Bertz CT molecular complexity index is 1220. The third-order valence-corrected chi connectivity index (χ3v) is 5.27. The van der Waals surface area contributed by atoms with Crippen LogP contribution in [0.4, 0.5) is 5.69 Å². The third-order valence-electron chi connectivity index (χ3n) is 4.60. The Morgan fingerprint density at radius 1 is 0.829 bits per heavy atom. The summed E-state index contributed by atoms with van der Waals surface area (Å²) >= 11 is 5.28. The molecule has 0 saturated heterocycles. The van der Waals surface area contributed by atoms with E-state index in [1.807, 2.05) is 54.6 Å². The quantitative estimate of drug-likeness (QED) is 0.287. The lowest BCUT2D eigenvalue weighted by molar-refractivity contribution is -0.120. The summed E-state index contributed by atoms with van der Waals surface area (Å²) in [6.45, 7) is 0.820. The first-order chi connectivity index (χ1) is 16.8. The van der Waals surface area contributed by atoms with Crippen LogP contribution in [0.3, 0.4) is 0 Å². The van der Waals surface area contributed by atoms with Crippen LogP contribution in [-0.4, -0.2) is 32.5 Å². The summed E-state index contributed by atoms with van der Waals surface area (Å²) in [4.78, 5) is 12.0. The van der Waals surface area contributed by atoms with Crippen LogP contribution in [0.5, 0.6) is 17.2 Å². The van der Waals surface area contributed by atoms with E-state index in [9.17, 15) is 13.2 Å². The molecule has 35 heavy (non-hydrogen) atoms. The van der Waals surface area contributed by atoms with Crippen LogP contribution in [-0.2, 0) is 21.5 Å². The van der Waals surface area contributed by atoms with Gasteiger partial charge in [-0.3, -0.25) is 4.79 Å². The molecule has 0 heterocycles. The minimum absolute atomic E-state index is 0.114. The van der Waals surface area contributed by atoms with Crippen molar-refractivity contribution in [2.45, 2.75) is 12.8 Å². The van der Waals surface area contributed by atoms with E-state index in [0.717, 1.165) is 17.0 Å². The number of anilines is 1. The molecule has 1 amide bonds. The molecule has 0 saturated carbocycles. The summed E-state index contributed by atoms with van der Waals surface area (Å²) in [6, 6.07) is 23.3. The molecule has 0 spiro atoms. The van der Waals surface area contributed by atoms with Crippen molar-refractivity contribution in [1.82, 2.24) is 10.6 Å². The second-order valence-corrected chi connectivity index (χ2v) is 8.95. The first-order valence-electron chi connectivity index (χ1n) is 10.7. The van der Waals surface area contributed by atoms with Crippen LogP contribution in [0.15, 0.2) is 78.9 Å². The smallest absolute Gasteiger partial charge is 0.380 e. The molecule has 11 heteroatoms. The zero-order valence-electron chi connectivity index (χ0n) is 18.8. The molecule has 0 aliphatic rings. The Labute approximate surface area is 209 Å². The van der Waals surface area contributed by atoms with Gasteiger partial charge in [0.25, 0.3) is 0 Å². The van der Waals surface area contributed by atoms with Crippen molar-refractivity contribution in [2.75, 3.05) is 18.4 Å². The normalized spacial score (nSPS) is 10.8. The number of carbonyl (C=O) groups is 1. The number of carbonyl (C=O) groups excluding carboxylic acids is 1. The molecule has 0 atom stereocenters. The lowest BCUT2D eigenvalue weighted by Gasteiger charge is -2.12. The predicted octanol–water partition coefficient (Wildman–Crippen LogP) is 3.10. The molecule has 0 bridgehead atoms. The fourth-order valence-corrected chi connectivity index (χ4v) is 3.58. The average molecular weight is 515 g/mol. The van der Waals surface area contributed by atoms with Gasteiger partial charge >= 0.3 is 10.3 Å². The largest absolute Gasteiger partial charge is 0.457 e. The molecule has 3 aromatic carbocycles. The van der Waals surface area contributed by atoms with Crippen LogP contribution < -0.4 is 30.0 Å². The Balaban J connectivity index is 1.30. The highest BCUT2D eigenvalue weighted by molar-refractivity contribution is 7.84. The standard InChI is InChI=1S/C24H26N4O5S2/c25-35(30,31)33-22-10-6-18(7-11-22)14-16-26-23(29)15-17-27-24(34)28-19-8-12-21(13-9-19)32-20-4-2-1-3-5-20/h1-13H,14-17H2,(H,26,29)(H2,25,30,31)(H2,27,28,34). The number of thiocarbonyl (C=S) groups is 1. The number of ether oxygens (including phenoxy) is 1. The van der Waals surface area contributed by atoms with E-state index in [-0.39, 0.29) is 18.1 Å². The Kier molecular flexibility index (Phi) is 9.41. The minimum Gasteiger partial charge on any atom is -0.457 e. The summed E-state index contributed by atoms with van der Waals surface area (Å²) in [5.41, 5.74) is 1.71. The van der Waals surface area contributed by atoms with Gasteiger partial charge < -0.3 is 24.9 Å². The van der Waals surface area contributed by atoms with Crippen LogP contribution in [0, 0.1) is 0 Å². The van der Waals surface area contributed by atoms with Crippen LogP contribution in [0.1, 0.15) is 12.0 Å². The second kappa shape index (κ2) is 12.7. The van der Waals surface area contributed by atoms with Gasteiger partial charge in [0.05, 0.1) is 0 Å². The van der Waals surface area contributed by atoms with Gasteiger partial charge in [-0.15, -0.1) is 0 Å². The van der Waals surface area contributed by atoms with Crippen molar-refractivity contribution in [3.63, 3.8) is 0 Å².